The predicted molar refractivity (Wildman–Crippen MR) is 79.9 cm³/mol. The van der Waals surface area contributed by atoms with Gasteiger partial charge in [0.15, 0.2) is 0 Å². The van der Waals surface area contributed by atoms with Crippen molar-refractivity contribution in [1.29, 1.82) is 0 Å². The molecule has 4 nitrogen and oxygen atoms in total. The molecule has 0 saturated carbocycles. The van der Waals surface area contributed by atoms with Gasteiger partial charge < -0.3 is 15.4 Å². The van der Waals surface area contributed by atoms with Crippen molar-refractivity contribution in [3.8, 4) is 5.75 Å². The number of nitrogens with zero attached hydrogens (tertiary/aromatic N) is 1. The maximum Gasteiger partial charge on any atom is 0.253 e. The van der Waals surface area contributed by atoms with Crippen molar-refractivity contribution in [2.24, 2.45) is 11.7 Å². The van der Waals surface area contributed by atoms with E-state index < -0.39 is 0 Å². The molecular weight excluding hydrogens is 252 g/mol. The van der Waals surface area contributed by atoms with Crippen LogP contribution in [0.25, 0.3) is 0 Å². The second kappa shape index (κ2) is 6.75. The van der Waals surface area contributed by atoms with Crippen LogP contribution in [0.15, 0.2) is 24.3 Å². The van der Waals surface area contributed by atoms with Crippen LogP contribution < -0.4 is 10.5 Å². The summed E-state index contributed by atoms with van der Waals surface area (Å²) in [6.07, 6.45) is 2.15. The van der Waals surface area contributed by atoms with Crippen molar-refractivity contribution in [3.05, 3.63) is 29.8 Å². The Kier molecular flexibility index (Phi) is 5.01. The Morgan fingerprint density at radius 1 is 1.45 bits per heavy atom. The highest BCUT2D eigenvalue weighted by Gasteiger charge is 2.26. The number of rotatable bonds is 4. The molecule has 2 rings (SSSR count). The zero-order valence-electron chi connectivity index (χ0n) is 12.3. The first-order chi connectivity index (χ1) is 9.61. The first kappa shape index (κ1) is 14.9. The van der Waals surface area contributed by atoms with Gasteiger partial charge in [0.25, 0.3) is 5.91 Å². The highest BCUT2D eigenvalue weighted by atomic mass is 16.5. The van der Waals surface area contributed by atoms with E-state index >= 15 is 0 Å². The molecule has 1 saturated heterocycles. The van der Waals surface area contributed by atoms with Gasteiger partial charge in [0.1, 0.15) is 5.75 Å². The largest absolute Gasteiger partial charge is 0.494 e. The summed E-state index contributed by atoms with van der Waals surface area (Å²) < 4.78 is 5.39. The van der Waals surface area contributed by atoms with E-state index in [0.29, 0.717) is 12.5 Å². The van der Waals surface area contributed by atoms with Gasteiger partial charge >= 0.3 is 0 Å². The summed E-state index contributed by atoms with van der Waals surface area (Å²) in [4.78, 5) is 14.4. The molecule has 1 aromatic rings. The summed E-state index contributed by atoms with van der Waals surface area (Å²) >= 11 is 0. The minimum atomic E-state index is 0.0957. The normalized spacial score (nSPS) is 20.6. The van der Waals surface area contributed by atoms with Gasteiger partial charge in [-0.25, -0.2) is 0 Å². The summed E-state index contributed by atoms with van der Waals surface area (Å²) in [6.45, 7) is 6.20. The third-order valence-electron chi connectivity index (χ3n) is 3.90. The van der Waals surface area contributed by atoms with Crippen molar-refractivity contribution in [1.82, 2.24) is 4.90 Å². The van der Waals surface area contributed by atoms with Crippen molar-refractivity contribution in [2.75, 3.05) is 19.7 Å². The third-order valence-corrected chi connectivity index (χ3v) is 3.90. The Labute approximate surface area is 120 Å². The molecule has 0 aromatic heterocycles. The summed E-state index contributed by atoms with van der Waals surface area (Å²) in [6, 6.07) is 7.52. The molecule has 1 aliphatic heterocycles. The summed E-state index contributed by atoms with van der Waals surface area (Å²) in [5.74, 6) is 1.31. The van der Waals surface area contributed by atoms with Crippen LogP contribution in [0.5, 0.6) is 5.75 Å². The molecule has 2 N–H and O–H groups in total. The van der Waals surface area contributed by atoms with E-state index in [4.69, 9.17) is 10.5 Å². The molecule has 0 aliphatic carbocycles. The number of carbonyl (C=O) groups excluding carboxylic acids is 1. The Hall–Kier alpha value is -1.55. The maximum absolute atomic E-state index is 12.5. The molecule has 20 heavy (non-hydrogen) atoms. The molecule has 1 aliphatic rings. The lowest BCUT2D eigenvalue weighted by atomic mass is 9.92. The minimum absolute atomic E-state index is 0.0957. The average Bonchev–Trinajstić information content (AvgIpc) is 2.48. The van der Waals surface area contributed by atoms with Crippen LogP contribution in [0, 0.1) is 5.92 Å². The van der Waals surface area contributed by atoms with Crippen LogP contribution in [0.2, 0.25) is 0 Å². The molecule has 0 bridgehead atoms. The summed E-state index contributed by atoms with van der Waals surface area (Å²) in [7, 11) is 0. The monoisotopic (exact) mass is 276 g/mol. The fourth-order valence-corrected chi connectivity index (χ4v) is 2.67. The van der Waals surface area contributed by atoms with Crippen LogP contribution in [0.4, 0.5) is 0 Å². The van der Waals surface area contributed by atoms with E-state index in [-0.39, 0.29) is 11.9 Å². The van der Waals surface area contributed by atoms with Crippen LogP contribution in [0.1, 0.15) is 37.0 Å². The number of amides is 1. The standard InChI is InChI=1S/C16H24N2O2/c1-3-20-15-8-6-13(7-9-15)16(19)18-10-4-5-14(11-18)12(2)17/h6-9,12,14H,3-5,10-11,17H2,1-2H3. The van der Waals surface area contributed by atoms with Crippen molar-refractivity contribution in [2.45, 2.75) is 32.7 Å². The lowest BCUT2D eigenvalue weighted by molar-refractivity contribution is 0.0661. The summed E-state index contributed by atoms with van der Waals surface area (Å²) in [5.41, 5.74) is 6.69. The number of benzene rings is 1. The topological polar surface area (TPSA) is 55.6 Å². The molecule has 4 heteroatoms. The van der Waals surface area contributed by atoms with Gasteiger partial charge in [-0.2, -0.15) is 0 Å². The molecule has 0 radical (unpaired) electrons. The molecule has 1 fully saturated rings. The van der Waals surface area contributed by atoms with Gasteiger partial charge in [0.2, 0.25) is 0 Å². The highest BCUT2D eigenvalue weighted by Crippen LogP contribution is 2.21. The molecule has 0 spiro atoms. The van der Waals surface area contributed by atoms with E-state index in [1.807, 2.05) is 43.0 Å². The first-order valence-corrected chi connectivity index (χ1v) is 7.39. The predicted octanol–water partition coefficient (Wildman–Crippen LogP) is 2.28. The number of carbonyl (C=O) groups is 1. The Morgan fingerprint density at radius 3 is 2.75 bits per heavy atom. The van der Waals surface area contributed by atoms with E-state index in [0.717, 1.165) is 37.2 Å². The van der Waals surface area contributed by atoms with Crippen LogP contribution >= 0.6 is 0 Å². The molecule has 1 amide bonds. The SMILES string of the molecule is CCOc1ccc(C(=O)N2CCCC(C(C)N)C2)cc1. The molecular formula is C16H24N2O2. The molecule has 1 heterocycles. The van der Waals surface area contributed by atoms with E-state index in [1.54, 1.807) is 0 Å². The van der Waals surface area contributed by atoms with E-state index in [9.17, 15) is 4.79 Å². The maximum atomic E-state index is 12.5. The van der Waals surface area contributed by atoms with E-state index in [2.05, 4.69) is 0 Å². The smallest absolute Gasteiger partial charge is 0.253 e. The van der Waals surface area contributed by atoms with E-state index in [1.165, 1.54) is 0 Å². The second-order valence-corrected chi connectivity index (χ2v) is 5.47. The number of likely N-dealkylation sites (tertiary alicyclic amines) is 1. The first-order valence-electron chi connectivity index (χ1n) is 7.39. The average molecular weight is 276 g/mol. The molecule has 110 valence electrons. The quantitative estimate of drug-likeness (QED) is 0.918. The van der Waals surface area contributed by atoms with Gasteiger partial charge in [-0.3, -0.25) is 4.79 Å². The van der Waals surface area contributed by atoms with Crippen LogP contribution in [0.3, 0.4) is 0 Å². The molecule has 2 atom stereocenters. The Morgan fingerprint density at radius 2 is 2.15 bits per heavy atom. The minimum Gasteiger partial charge on any atom is -0.494 e. The zero-order valence-corrected chi connectivity index (χ0v) is 12.3. The summed E-state index contributed by atoms with van der Waals surface area (Å²) in [5, 5.41) is 0. The Balaban J connectivity index is 2.02. The van der Waals surface area contributed by atoms with Crippen molar-refractivity contribution in [3.63, 3.8) is 0 Å². The van der Waals surface area contributed by atoms with Gasteiger partial charge in [0.05, 0.1) is 6.61 Å². The lowest BCUT2D eigenvalue weighted by Gasteiger charge is -2.34. The van der Waals surface area contributed by atoms with Crippen LogP contribution in [-0.4, -0.2) is 36.5 Å². The van der Waals surface area contributed by atoms with Gasteiger partial charge in [-0.15, -0.1) is 0 Å². The lowest BCUT2D eigenvalue weighted by Crippen LogP contribution is -2.45. The third kappa shape index (κ3) is 3.51. The number of hydrogen-bond donors (Lipinski definition) is 1. The highest BCUT2D eigenvalue weighted by molar-refractivity contribution is 5.94. The fraction of sp³-hybridized carbons (Fsp3) is 0.562. The van der Waals surface area contributed by atoms with Gasteiger partial charge in [-0.1, -0.05) is 0 Å². The number of nitrogens with two attached hydrogens (primary N) is 1. The van der Waals surface area contributed by atoms with Gasteiger partial charge in [0, 0.05) is 24.7 Å². The zero-order chi connectivity index (χ0) is 14.5. The molecule has 2 unspecified atom stereocenters. The van der Waals surface area contributed by atoms with Crippen molar-refractivity contribution >= 4 is 5.91 Å². The van der Waals surface area contributed by atoms with Crippen molar-refractivity contribution < 1.29 is 9.53 Å². The number of hydrogen-bond acceptors (Lipinski definition) is 3. The molecule has 1 aromatic carbocycles. The second-order valence-electron chi connectivity index (χ2n) is 5.47. The Bertz CT molecular complexity index is 442. The van der Waals surface area contributed by atoms with Gasteiger partial charge in [-0.05, 0) is 56.9 Å². The fourth-order valence-electron chi connectivity index (χ4n) is 2.67. The number of ether oxygens (including phenoxy) is 1. The van der Waals surface area contributed by atoms with Crippen LogP contribution in [-0.2, 0) is 0 Å². The number of piperidine rings is 1.